The molecule has 4 rings (SSSR count). The molecule has 4 aromatic carbocycles. The van der Waals surface area contributed by atoms with Crippen LogP contribution in [0.3, 0.4) is 0 Å². The molecule has 0 unspecified atom stereocenters. The monoisotopic (exact) mass is 580 g/mol. The van der Waals surface area contributed by atoms with Gasteiger partial charge in [0.15, 0.2) is 0 Å². The Bertz CT molecular complexity index is 1540. The van der Waals surface area contributed by atoms with Crippen LogP contribution >= 0.6 is 22.6 Å². The lowest BCUT2D eigenvalue weighted by molar-refractivity contribution is -0.112. The molecule has 6 nitrogen and oxygen atoms in total. The Balaban J connectivity index is 1.49. The number of rotatable bonds is 6. The SMILES string of the molecule is N#CC(=Cc1ccc(OS(=O)(=O)c2ccc3ccccc3c2)cc1)C(=O)Nc1ccc(I)cc1. The quantitative estimate of drug-likeness (QED) is 0.136. The van der Waals surface area contributed by atoms with Gasteiger partial charge in [-0.15, -0.1) is 0 Å². The number of benzene rings is 4. The Morgan fingerprint density at radius 2 is 1.59 bits per heavy atom. The standard InChI is InChI=1S/C26H17IN2O4S/c27-22-8-10-23(11-9-22)29-26(30)21(17-28)15-18-5-12-24(13-6-18)33-34(31,32)25-14-7-19-3-1-2-4-20(19)16-25/h1-16H,(H,29,30). The van der Waals surface area contributed by atoms with Crippen LogP contribution in [0.4, 0.5) is 5.69 Å². The number of anilines is 1. The van der Waals surface area contributed by atoms with Gasteiger partial charge in [-0.1, -0.05) is 42.5 Å². The molecular formula is C26H17IN2O4S. The van der Waals surface area contributed by atoms with E-state index in [0.717, 1.165) is 14.3 Å². The van der Waals surface area contributed by atoms with E-state index in [1.54, 1.807) is 36.4 Å². The summed E-state index contributed by atoms with van der Waals surface area (Å²) in [6.45, 7) is 0. The van der Waals surface area contributed by atoms with Crippen molar-refractivity contribution in [2.75, 3.05) is 5.32 Å². The van der Waals surface area contributed by atoms with Crippen LogP contribution in [-0.4, -0.2) is 14.3 Å². The number of nitrogens with zero attached hydrogens (tertiary/aromatic N) is 1. The second kappa shape index (κ2) is 10.1. The lowest BCUT2D eigenvalue weighted by atomic mass is 10.1. The predicted molar refractivity (Wildman–Crippen MR) is 140 cm³/mol. The van der Waals surface area contributed by atoms with E-state index < -0.39 is 16.0 Å². The van der Waals surface area contributed by atoms with Crippen LogP contribution in [0.2, 0.25) is 0 Å². The summed E-state index contributed by atoms with van der Waals surface area (Å²) in [5.41, 5.74) is 1.04. The van der Waals surface area contributed by atoms with Crippen molar-refractivity contribution in [2.45, 2.75) is 4.90 Å². The van der Waals surface area contributed by atoms with Crippen molar-refractivity contribution in [3.05, 3.63) is 106 Å². The number of carbonyl (C=O) groups is 1. The first-order chi connectivity index (χ1) is 16.3. The average Bonchev–Trinajstić information content (AvgIpc) is 2.84. The summed E-state index contributed by atoms with van der Waals surface area (Å²) >= 11 is 2.16. The van der Waals surface area contributed by atoms with Gasteiger partial charge in [0.1, 0.15) is 22.3 Å². The molecule has 4 aromatic rings. The number of fused-ring (bicyclic) bond motifs is 1. The van der Waals surface area contributed by atoms with Crippen LogP contribution in [0.15, 0.2) is 101 Å². The van der Waals surface area contributed by atoms with Gasteiger partial charge >= 0.3 is 10.1 Å². The fraction of sp³-hybridized carbons (Fsp3) is 0. The van der Waals surface area contributed by atoms with Gasteiger partial charge in [0.05, 0.1) is 0 Å². The second-order valence-corrected chi connectivity index (χ2v) is 10.0. The highest BCUT2D eigenvalue weighted by Crippen LogP contribution is 2.23. The van der Waals surface area contributed by atoms with Crippen LogP contribution < -0.4 is 9.50 Å². The number of amides is 1. The Morgan fingerprint density at radius 1 is 0.912 bits per heavy atom. The van der Waals surface area contributed by atoms with Crippen LogP contribution in [0, 0.1) is 14.9 Å². The van der Waals surface area contributed by atoms with Gasteiger partial charge in [0.2, 0.25) is 0 Å². The van der Waals surface area contributed by atoms with Crippen molar-refractivity contribution in [2.24, 2.45) is 0 Å². The molecule has 34 heavy (non-hydrogen) atoms. The zero-order chi connectivity index (χ0) is 24.1. The van der Waals surface area contributed by atoms with Crippen LogP contribution in [-0.2, 0) is 14.9 Å². The zero-order valence-electron chi connectivity index (χ0n) is 17.6. The summed E-state index contributed by atoms with van der Waals surface area (Å²) < 4.78 is 31.7. The third kappa shape index (κ3) is 5.62. The minimum Gasteiger partial charge on any atom is -0.379 e. The summed E-state index contributed by atoms with van der Waals surface area (Å²) in [6, 6.07) is 27.4. The fourth-order valence-electron chi connectivity index (χ4n) is 3.16. The molecule has 0 atom stereocenters. The van der Waals surface area contributed by atoms with Gasteiger partial charge in [0.25, 0.3) is 5.91 Å². The van der Waals surface area contributed by atoms with E-state index in [2.05, 4.69) is 27.9 Å². The molecular weight excluding hydrogens is 563 g/mol. The summed E-state index contributed by atoms with van der Waals surface area (Å²) in [7, 11) is -4.03. The Kier molecular flexibility index (Phi) is 6.95. The van der Waals surface area contributed by atoms with Crippen molar-refractivity contribution < 1.29 is 17.4 Å². The molecule has 0 aliphatic carbocycles. The molecule has 1 N–H and O–H groups in total. The van der Waals surface area contributed by atoms with Gasteiger partial charge in [-0.25, -0.2) is 0 Å². The van der Waals surface area contributed by atoms with E-state index in [1.807, 2.05) is 42.5 Å². The first kappa shape index (κ1) is 23.5. The Labute approximate surface area is 210 Å². The zero-order valence-corrected chi connectivity index (χ0v) is 20.6. The summed E-state index contributed by atoms with van der Waals surface area (Å²) in [4.78, 5) is 12.5. The largest absolute Gasteiger partial charge is 0.379 e. The van der Waals surface area contributed by atoms with E-state index in [-0.39, 0.29) is 16.2 Å². The van der Waals surface area contributed by atoms with E-state index in [9.17, 15) is 18.5 Å². The first-order valence-corrected chi connectivity index (χ1v) is 12.5. The maximum absolute atomic E-state index is 12.7. The number of halogens is 1. The van der Waals surface area contributed by atoms with E-state index in [0.29, 0.717) is 11.3 Å². The Morgan fingerprint density at radius 3 is 2.26 bits per heavy atom. The molecule has 0 aromatic heterocycles. The summed E-state index contributed by atoms with van der Waals surface area (Å²) in [5, 5.41) is 13.8. The van der Waals surface area contributed by atoms with Gasteiger partial charge in [-0.3, -0.25) is 4.79 Å². The predicted octanol–water partition coefficient (Wildman–Crippen LogP) is 5.76. The summed E-state index contributed by atoms with van der Waals surface area (Å²) in [5.74, 6) is -0.421. The second-order valence-electron chi connectivity index (χ2n) is 7.25. The smallest absolute Gasteiger partial charge is 0.339 e. The number of hydrogen-bond acceptors (Lipinski definition) is 5. The highest BCUT2D eigenvalue weighted by molar-refractivity contribution is 14.1. The molecule has 0 heterocycles. The maximum atomic E-state index is 12.7. The third-order valence-electron chi connectivity index (χ3n) is 4.87. The molecule has 0 fully saturated rings. The molecule has 0 radical (unpaired) electrons. The van der Waals surface area contributed by atoms with Crippen molar-refractivity contribution >= 4 is 61.2 Å². The lowest BCUT2D eigenvalue weighted by Gasteiger charge is -2.08. The van der Waals surface area contributed by atoms with Crippen molar-refractivity contribution in [1.82, 2.24) is 0 Å². The van der Waals surface area contributed by atoms with Crippen molar-refractivity contribution in [3.63, 3.8) is 0 Å². The lowest BCUT2D eigenvalue weighted by Crippen LogP contribution is -2.13. The third-order valence-corrected chi connectivity index (χ3v) is 6.84. The molecule has 0 spiro atoms. The minimum atomic E-state index is -4.03. The minimum absolute atomic E-state index is 0.0502. The van der Waals surface area contributed by atoms with Crippen molar-refractivity contribution in [3.8, 4) is 11.8 Å². The maximum Gasteiger partial charge on any atom is 0.339 e. The number of nitrogens with one attached hydrogen (secondary N) is 1. The first-order valence-electron chi connectivity index (χ1n) is 10.1. The van der Waals surface area contributed by atoms with Gasteiger partial charge in [-0.05, 0) is 93.5 Å². The molecule has 0 bridgehead atoms. The van der Waals surface area contributed by atoms with Crippen LogP contribution in [0.5, 0.6) is 5.75 Å². The average molecular weight is 580 g/mol. The molecule has 1 amide bonds. The number of carbonyl (C=O) groups excluding carboxylic acids is 1. The van der Waals surface area contributed by atoms with E-state index >= 15 is 0 Å². The molecule has 0 aliphatic rings. The summed E-state index contributed by atoms with van der Waals surface area (Å²) in [6.07, 6.45) is 1.42. The molecule has 168 valence electrons. The van der Waals surface area contributed by atoms with E-state index in [4.69, 9.17) is 4.18 Å². The van der Waals surface area contributed by atoms with Gasteiger partial charge < -0.3 is 9.50 Å². The highest BCUT2D eigenvalue weighted by atomic mass is 127. The molecule has 0 saturated carbocycles. The van der Waals surface area contributed by atoms with E-state index in [1.165, 1.54) is 24.3 Å². The topological polar surface area (TPSA) is 96.3 Å². The fourth-order valence-corrected chi connectivity index (χ4v) is 4.49. The van der Waals surface area contributed by atoms with Crippen LogP contribution in [0.25, 0.3) is 16.8 Å². The molecule has 0 saturated heterocycles. The van der Waals surface area contributed by atoms with Crippen molar-refractivity contribution in [1.29, 1.82) is 5.26 Å². The molecule has 8 heteroatoms. The molecule has 0 aliphatic heterocycles. The number of hydrogen-bond donors (Lipinski definition) is 1. The van der Waals surface area contributed by atoms with Crippen LogP contribution in [0.1, 0.15) is 5.56 Å². The normalized spacial score (nSPS) is 11.6. The van der Waals surface area contributed by atoms with Gasteiger partial charge in [0, 0.05) is 9.26 Å². The van der Waals surface area contributed by atoms with Gasteiger partial charge in [-0.2, -0.15) is 13.7 Å². The highest BCUT2D eigenvalue weighted by Gasteiger charge is 2.17. The number of nitriles is 1. The Hall–Kier alpha value is -3.68.